The van der Waals surface area contributed by atoms with Crippen LogP contribution in [0.4, 0.5) is 5.13 Å². The van der Waals surface area contributed by atoms with E-state index in [-0.39, 0.29) is 36.1 Å². The van der Waals surface area contributed by atoms with Crippen LogP contribution in [0.15, 0.2) is 0 Å². The molecule has 6 nitrogen and oxygen atoms in total. The molecule has 1 aliphatic rings. The predicted molar refractivity (Wildman–Crippen MR) is 91.5 cm³/mol. The fourth-order valence-corrected chi connectivity index (χ4v) is 3.41. The predicted octanol–water partition coefficient (Wildman–Crippen LogP) is 2.96. The number of piperidine rings is 1. The number of rotatable bonds is 4. The van der Waals surface area contributed by atoms with Gasteiger partial charge in [-0.1, -0.05) is 32.1 Å². The zero-order valence-corrected chi connectivity index (χ0v) is 15.2. The Labute approximate surface area is 141 Å². The Morgan fingerprint density at radius 1 is 1.26 bits per heavy atom. The number of hydrogen-bond donors (Lipinski definition) is 1. The van der Waals surface area contributed by atoms with Crippen molar-refractivity contribution in [3.8, 4) is 0 Å². The molecule has 23 heavy (non-hydrogen) atoms. The van der Waals surface area contributed by atoms with Crippen molar-refractivity contribution in [2.45, 2.75) is 71.3 Å². The molecule has 1 unspecified atom stereocenters. The minimum Gasteiger partial charge on any atom is -0.340 e. The Balaban J connectivity index is 1.81. The van der Waals surface area contributed by atoms with Gasteiger partial charge in [0.2, 0.25) is 16.9 Å². The summed E-state index contributed by atoms with van der Waals surface area (Å²) in [5.41, 5.74) is -0.0823. The summed E-state index contributed by atoms with van der Waals surface area (Å²) in [6.07, 6.45) is 3.73. The zero-order valence-electron chi connectivity index (χ0n) is 14.4. The van der Waals surface area contributed by atoms with Crippen LogP contribution < -0.4 is 5.32 Å². The summed E-state index contributed by atoms with van der Waals surface area (Å²) >= 11 is 1.38. The average molecular weight is 338 g/mol. The second kappa shape index (κ2) is 7.38. The van der Waals surface area contributed by atoms with Crippen molar-refractivity contribution < 1.29 is 9.59 Å². The lowest BCUT2D eigenvalue weighted by Crippen LogP contribution is -2.42. The van der Waals surface area contributed by atoms with Crippen molar-refractivity contribution in [3.05, 3.63) is 5.01 Å². The average Bonchev–Trinajstić information content (AvgIpc) is 2.94. The molecule has 1 aliphatic heterocycles. The Bertz CT molecular complexity index is 565. The molecule has 0 radical (unpaired) electrons. The minimum absolute atomic E-state index is 0.0694. The molecule has 0 aromatic carbocycles. The quantitative estimate of drug-likeness (QED) is 0.916. The SMILES string of the molecule is CC1CCCCN1C(=O)CCC(=O)Nc1nnc(C(C)(C)C)s1. The topological polar surface area (TPSA) is 75.2 Å². The molecule has 1 N–H and O–H groups in total. The Hall–Kier alpha value is -1.50. The van der Waals surface area contributed by atoms with Crippen LogP contribution in [-0.4, -0.2) is 39.5 Å². The van der Waals surface area contributed by atoms with Gasteiger partial charge in [0.05, 0.1) is 0 Å². The van der Waals surface area contributed by atoms with Gasteiger partial charge >= 0.3 is 0 Å². The van der Waals surface area contributed by atoms with Gasteiger partial charge in [-0.2, -0.15) is 0 Å². The highest BCUT2D eigenvalue weighted by Crippen LogP contribution is 2.27. The van der Waals surface area contributed by atoms with E-state index < -0.39 is 0 Å². The second-order valence-corrected chi connectivity index (χ2v) is 8.12. The monoisotopic (exact) mass is 338 g/mol. The van der Waals surface area contributed by atoms with E-state index in [0.29, 0.717) is 5.13 Å². The van der Waals surface area contributed by atoms with E-state index >= 15 is 0 Å². The fraction of sp³-hybridized carbons (Fsp3) is 0.750. The first kappa shape index (κ1) is 17.8. The first-order chi connectivity index (χ1) is 10.8. The van der Waals surface area contributed by atoms with Crippen molar-refractivity contribution >= 4 is 28.3 Å². The first-order valence-electron chi connectivity index (χ1n) is 8.20. The second-order valence-electron chi connectivity index (χ2n) is 7.14. The number of amides is 2. The summed E-state index contributed by atoms with van der Waals surface area (Å²) < 4.78 is 0. The lowest BCUT2D eigenvalue weighted by Gasteiger charge is -2.33. The Kier molecular flexibility index (Phi) is 5.73. The third-order valence-electron chi connectivity index (χ3n) is 4.00. The van der Waals surface area contributed by atoms with E-state index in [2.05, 4.69) is 43.2 Å². The van der Waals surface area contributed by atoms with Crippen molar-refractivity contribution in [2.75, 3.05) is 11.9 Å². The van der Waals surface area contributed by atoms with Gasteiger partial charge in [0.25, 0.3) is 0 Å². The van der Waals surface area contributed by atoms with Crippen LogP contribution in [0.3, 0.4) is 0 Å². The highest BCUT2D eigenvalue weighted by atomic mass is 32.1. The number of carbonyl (C=O) groups is 2. The minimum atomic E-state index is -0.181. The van der Waals surface area contributed by atoms with Gasteiger partial charge in [0.1, 0.15) is 5.01 Å². The molecule has 0 spiro atoms. The summed E-state index contributed by atoms with van der Waals surface area (Å²) in [4.78, 5) is 26.1. The van der Waals surface area contributed by atoms with Gasteiger partial charge < -0.3 is 10.2 Å². The van der Waals surface area contributed by atoms with Gasteiger partial charge in [-0.3, -0.25) is 9.59 Å². The number of aromatic nitrogens is 2. The van der Waals surface area contributed by atoms with E-state index in [1.165, 1.54) is 17.8 Å². The third kappa shape index (κ3) is 4.99. The van der Waals surface area contributed by atoms with Crippen LogP contribution in [0.25, 0.3) is 0 Å². The molecular formula is C16H26N4O2S. The van der Waals surface area contributed by atoms with E-state index in [0.717, 1.165) is 24.4 Å². The van der Waals surface area contributed by atoms with Crippen LogP contribution in [0.2, 0.25) is 0 Å². The van der Waals surface area contributed by atoms with Gasteiger partial charge in [-0.15, -0.1) is 10.2 Å². The molecular weight excluding hydrogens is 312 g/mol. The van der Waals surface area contributed by atoms with Gasteiger partial charge in [0.15, 0.2) is 0 Å². The van der Waals surface area contributed by atoms with Crippen molar-refractivity contribution in [1.29, 1.82) is 0 Å². The van der Waals surface area contributed by atoms with E-state index in [1.54, 1.807) is 0 Å². The summed E-state index contributed by atoms with van der Waals surface area (Å²) in [5, 5.41) is 12.2. The van der Waals surface area contributed by atoms with E-state index in [4.69, 9.17) is 0 Å². The number of nitrogens with zero attached hydrogens (tertiary/aromatic N) is 3. The summed E-state index contributed by atoms with van der Waals surface area (Å²) in [6, 6.07) is 0.289. The number of nitrogens with one attached hydrogen (secondary N) is 1. The summed E-state index contributed by atoms with van der Waals surface area (Å²) in [5.74, 6) is -0.111. The zero-order chi connectivity index (χ0) is 17.0. The highest BCUT2D eigenvalue weighted by Gasteiger charge is 2.24. The maximum absolute atomic E-state index is 12.2. The number of likely N-dealkylation sites (tertiary alicyclic amines) is 1. The molecule has 1 atom stereocenters. The van der Waals surface area contributed by atoms with Gasteiger partial charge in [0, 0.05) is 30.8 Å². The van der Waals surface area contributed by atoms with Crippen molar-refractivity contribution in [3.63, 3.8) is 0 Å². The lowest BCUT2D eigenvalue weighted by atomic mass is 9.98. The number of anilines is 1. The summed E-state index contributed by atoms with van der Waals surface area (Å²) in [7, 11) is 0. The largest absolute Gasteiger partial charge is 0.340 e. The molecule has 0 saturated carbocycles. The number of hydrogen-bond acceptors (Lipinski definition) is 5. The molecule has 0 aliphatic carbocycles. The summed E-state index contributed by atoms with van der Waals surface area (Å²) in [6.45, 7) is 9.05. The first-order valence-corrected chi connectivity index (χ1v) is 9.02. The van der Waals surface area contributed by atoms with Crippen molar-refractivity contribution in [1.82, 2.24) is 15.1 Å². The molecule has 1 aromatic rings. The highest BCUT2D eigenvalue weighted by molar-refractivity contribution is 7.15. The molecule has 128 valence electrons. The molecule has 7 heteroatoms. The third-order valence-corrected chi connectivity index (χ3v) is 5.27. The smallest absolute Gasteiger partial charge is 0.226 e. The van der Waals surface area contributed by atoms with Crippen LogP contribution in [0, 0.1) is 0 Å². The lowest BCUT2D eigenvalue weighted by molar-refractivity contribution is -0.135. The number of carbonyl (C=O) groups excluding carboxylic acids is 2. The Morgan fingerprint density at radius 2 is 2.00 bits per heavy atom. The van der Waals surface area contributed by atoms with Crippen LogP contribution >= 0.6 is 11.3 Å². The normalized spacial score (nSPS) is 18.8. The molecule has 1 fully saturated rings. The molecule has 1 aromatic heterocycles. The Morgan fingerprint density at radius 3 is 2.61 bits per heavy atom. The van der Waals surface area contributed by atoms with E-state index in [1.807, 2.05) is 4.90 Å². The van der Waals surface area contributed by atoms with Crippen molar-refractivity contribution in [2.24, 2.45) is 0 Å². The molecule has 2 rings (SSSR count). The maximum atomic E-state index is 12.2. The molecule has 0 bridgehead atoms. The van der Waals surface area contributed by atoms with Crippen LogP contribution in [0.1, 0.15) is 64.8 Å². The molecule has 1 saturated heterocycles. The van der Waals surface area contributed by atoms with E-state index in [9.17, 15) is 9.59 Å². The van der Waals surface area contributed by atoms with Crippen LogP contribution in [0.5, 0.6) is 0 Å². The van der Waals surface area contributed by atoms with Gasteiger partial charge in [-0.25, -0.2) is 0 Å². The fourth-order valence-electron chi connectivity index (χ4n) is 2.59. The van der Waals surface area contributed by atoms with Gasteiger partial charge in [-0.05, 0) is 26.2 Å². The molecule has 2 amide bonds. The standard InChI is InChI=1S/C16H26N4O2S/c1-11-7-5-6-10-20(11)13(22)9-8-12(21)17-15-19-18-14(23-15)16(2,3)4/h11H,5-10H2,1-4H3,(H,17,19,21). The maximum Gasteiger partial charge on any atom is 0.226 e. The molecule has 2 heterocycles. The van der Waals surface area contributed by atoms with Crippen LogP contribution in [-0.2, 0) is 15.0 Å².